The van der Waals surface area contributed by atoms with Crippen molar-refractivity contribution < 1.29 is 0 Å². The molecule has 0 atom stereocenters. The lowest BCUT2D eigenvalue weighted by Crippen LogP contribution is -1.78. The third kappa shape index (κ3) is 3.76. The molecule has 0 spiro atoms. The highest BCUT2D eigenvalue weighted by molar-refractivity contribution is 7.59. The molecular formula is C3H7N3SSi. The summed E-state index contributed by atoms with van der Waals surface area (Å²) in [4.78, 5) is 0. The summed E-state index contributed by atoms with van der Waals surface area (Å²) in [5.74, 6) is 0. The SMILES string of the molecule is [S].[SiH4].c1cnnnc1. The largest absolute Gasteiger partial charge is 0.139 e. The smallest absolute Gasteiger partial charge is 0.0529 e. The summed E-state index contributed by atoms with van der Waals surface area (Å²) >= 11 is 0. The first-order chi connectivity index (χ1) is 3.00. The van der Waals surface area contributed by atoms with E-state index in [1.807, 2.05) is 0 Å². The summed E-state index contributed by atoms with van der Waals surface area (Å²) in [5.41, 5.74) is 0. The number of aromatic nitrogens is 3. The van der Waals surface area contributed by atoms with Crippen LogP contribution in [0, 0.1) is 0 Å². The molecule has 0 saturated heterocycles. The van der Waals surface area contributed by atoms with Crippen molar-refractivity contribution in [3.05, 3.63) is 18.5 Å². The first-order valence-electron chi connectivity index (χ1n) is 1.58. The van der Waals surface area contributed by atoms with E-state index < -0.39 is 0 Å². The summed E-state index contributed by atoms with van der Waals surface area (Å²) < 4.78 is 0. The second kappa shape index (κ2) is 6.58. The van der Waals surface area contributed by atoms with Gasteiger partial charge in [-0.05, 0) is 22.2 Å². The van der Waals surface area contributed by atoms with Crippen LogP contribution in [-0.4, -0.2) is 26.4 Å². The molecule has 0 aromatic carbocycles. The molecule has 0 aliphatic rings. The first-order valence-corrected chi connectivity index (χ1v) is 1.58. The van der Waals surface area contributed by atoms with Crippen LogP contribution in [0.15, 0.2) is 18.5 Å². The molecule has 1 heterocycles. The molecule has 44 valence electrons. The zero-order valence-corrected chi connectivity index (χ0v) is 4.30. The van der Waals surface area contributed by atoms with Crippen LogP contribution in [0.5, 0.6) is 0 Å². The molecule has 3 nitrogen and oxygen atoms in total. The van der Waals surface area contributed by atoms with Crippen LogP contribution >= 0.6 is 13.5 Å². The van der Waals surface area contributed by atoms with E-state index in [-0.39, 0.29) is 24.5 Å². The molecule has 0 fully saturated rings. The van der Waals surface area contributed by atoms with Crippen molar-refractivity contribution in [3.63, 3.8) is 0 Å². The van der Waals surface area contributed by atoms with E-state index in [9.17, 15) is 0 Å². The van der Waals surface area contributed by atoms with Crippen LogP contribution in [0.4, 0.5) is 0 Å². The highest BCUT2D eigenvalue weighted by atomic mass is 32.1. The normalized spacial score (nSPS) is 6.00. The van der Waals surface area contributed by atoms with E-state index in [4.69, 9.17) is 0 Å². The van der Waals surface area contributed by atoms with Gasteiger partial charge in [0.2, 0.25) is 0 Å². The fourth-order valence-corrected chi connectivity index (χ4v) is 0.205. The van der Waals surface area contributed by atoms with Crippen molar-refractivity contribution in [1.29, 1.82) is 0 Å². The number of hydrogen-bond acceptors (Lipinski definition) is 3. The Hall–Kier alpha value is -0.423. The zero-order chi connectivity index (χ0) is 4.24. The van der Waals surface area contributed by atoms with Gasteiger partial charge in [-0.25, -0.2) is 0 Å². The van der Waals surface area contributed by atoms with E-state index in [2.05, 4.69) is 15.4 Å². The number of nitrogens with zero attached hydrogens (tertiary/aromatic N) is 3. The van der Waals surface area contributed by atoms with Gasteiger partial charge < -0.3 is 0 Å². The Labute approximate surface area is 59.0 Å². The number of hydrogen-bond donors (Lipinski definition) is 0. The highest BCUT2D eigenvalue weighted by Crippen LogP contribution is 1.61. The van der Waals surface area contributed by atoms with Crippen LogP contribution in [-0.2, 0) is 0 Å². The molecular weight excluding hydrogens is 138 g/mol. The summed E-state index contributed by atoms with van der Waals surface area (Å²) in [6.07, 6.45) is 3.15. The standard InChI is InChI=1S/C3H3N3.S.H4Si/c1-2-4-6-5-3-1;;/h1-3H;;1H4. The van der Waals surface area contributed by atoms with Crippen LogP contribution in [0.25, 0.3) is 0 Å². The van der Waals surface area contributed by atoms with Gasteiger partial charge in [0.15, 0.2) is 0 Å². The molecule has 2 radical (unpaired) electrons. The lowest BCUT2D eigenvalue weighted by atomic mass is 10.7. The van der Waals surface area contributed by atoms with E-state index in [1.54, 1.807) is 18.5 Å². The second-order valence-corrected chi connectivity index (χ2v) is 0.811. The fourth-order valence-electron chi connectivity index (χ4n) is 0.205. The fraction of sp³-hybridized carbons (Fsp3) is 0. The maximum Gasteiger partial charge on any atom is 0.0529 e. The quantitative estimate of drug-likeness (QED) is 0.443. The first kappa shape index (κ1) is 10.5. The van der Waals surface area contributed by atoms with Crippen molar-refractivity contribution in [1.82, 2.24) is 15.4 Å². The molecule has 1 rings (SSSR count). The Kier molecular flexibility index (Phi) is 8.66. The Bertz CT molecular complexity index is 86.5. The number of rotatable bonds is 0. The van der Waals surface area contributed by atoms with Crippen LogP contribution in [0.1, 0.15) is 0 Å². The van der Waals surface area contributed by atoms with Gasteiger partial charge in [-0.3, -0.25) is 0 Å². The van der Waals surface area contributed by atoms with Gasteiger partial charge in [-0.2, -0.15) is 0 Å². The van der Waals surface area contributed by atoms with Crippen LogP contribution in [0.3, 0.4) is 0 Å². The molecule has 1 aromatic rings. The predicted molar refractivity (Wildman–Crippen MR) is 38.8 cm³/mol. The van der Waals surface area contributed by atoms with Crippen LogP contribution < -0.4 is 0 Å². The summed E-state index contributed by atoms with van der Waals surface area (Å²) in [6.45, 7) is 0. The van der Waals surface area contributed by atoms with E-state index in [0.717, 1.165) is 0 Å². The predicted octanol–water partition coefficient (Wildman–Crippen LogP) is -0.932. The Morgan fingerprint density at radius 2 is 1.50 bits per heavy atom. The molecule has 5 heteroatoms. The molecule has 0 saturated carbocycles. The van der Waals surface area contributed by atoms with E-state index in [1.165, 1.54) is 0 Å². The minimum atomic E-state index is 0. The Morgan fingerprint density at radius 3 is 1.62 bits per heavy atom. The molecule has 0 unspecified atom stereocenters. The topological polar surface area (TPSA) is 38.7 Å². The minimum Gasteiger partial charge on any atom is -0.139 e. The van der Waals surface area contributed by atoms with Gasteiger partial charge in [0.25, 0.3) is 0 Å². The van der Waals surface area contributed by atoms with E-state index in [0.29, 0.717) is 0 Å². The van der Waals surface area contributed by atoms with E-state index >= 15 is 0 Å². The van der Waals surface area contributed by atoms with Crippen molar-refractivity contribution in [2.45, 2.75) is 0 Å². The van der Waals surface area contributed by atoms with Gasteiger partial charge in [-0.15, -0.1) is 10.2 Å². The van der Waals surface area contributed by atoms with Gasteiger partial charge in [0.1, 0.15) is 0 Å². The lowest BCUT2D eigenvalue weighted by Gasteiger charge is -1.68. The summed E-state index contributed by atoms with van der Waals surface area (Å²) in [7, 11) is 0. The van der Waals surface area contributed by atoms with Crippen molar-refractivity contribution in [3.8, 4) is 0 Å². The lowest BCUT2D eigenvalue weighted by molar-refractivity contribution is 0.865. The molecule has 0 aliphatic carbocycles. The Morgan fingerprint density at radius 1 is 1.00 bits per heavy atom. The zero-order valence-electron chi connectivity index (χ0n) is 3.48. The van der Waals surface area contributed by atoms with Gasteiger partial charge >= 0.3 is 0 Å². The summed E-state index contributed by atoms with van der Waals surface area (Å²) in [5, 5.41) is 10.1. The van der Waals surface area contributed by atoms with Gasteiger partial charge in [-0.1, -0.05) is 0 Å². The van der Waals surface area contributed by atoms with Gasteiger partial charge in [0, 0.05) is 13.5 Å². The maximum atomic E-state index is 3.42. The van der Waals surface area contributed by atoms with Gasteiger partial charge in [0.05, 0.1) is 12.4 Å². The molecule has 1 aromatic heterocycles. The van der Waals surface area contributed by atoms with Crippen molar-refractivity contribution >= 4 is 24.5 Å². The third-order valence-corrected chi connectivity index (χ3v) is 0.409. The monoisotopic (exact) mass is 145 g/mol. The second-order valence-electron chi connectivity index (χ2n) is 0.811. The Balaban J connectivity index is 0. The average molecular weight is 145 g/mol. The molecule has 0 amide bonds. The molecule has 8 heavy (non-hydrogen) atoms. The molecule has 0 bridgehead atoms. The maximum absolute atomic E-state index is 3.42. The molecule has 0 N–H and O–H groups in total. The molecule has 0 aliphatic heterocycles. The van der Waals surface area contributed by atoms with Crippen molar-refractivity contribution in [2.24, 2.45) is 0 Å². The minimum absolute atomic E-state index is 0. The average Bonchev–Trinajstić information content (AvgIpc) is 1.72. The van der Waals surface area contributed by atoms with Crippen molar-refractivity contribution in [2.75, 3.05) is 0 Å². The van der Waals surface area contributed by atoms with Crippen LogP contribution in [0.2, 0.25) is 0 Å². The highest BCUT2D eigenvalue weighted by Gasteiger charge is 1.60. The third-order valence-electron chi connectivity index (χ3n) is 0.409. The summed E-state index contributed by atoms with van der Waals surface area (Å²) in [6, 6.07) is 1.72.